The van der Waals surface area contributed by atoms with Gasteiger partial charge in [0.15, 0.2) is 0 Å². The van der Waals surface area contributed by atoms with Crippen molar-refractivity contribution in [2.45, 2.75) is 18.9 Å². The summed E-state index contributed by atoms with van der Waals surface area (Å²) in [7, 11) is 3.91. The molecule has 1 saturated heterocycles. The number of hydrogen-bond acceptors (Lipinski definition) is 3. The monoisotopic (exact) mass is 294 g/mol. The van der Waals surface area contributed by atoms with Crippen LogP contribution in [0.4, 0.5) is 4.39 Å². The molecule has 4 nitrogen and oxygen atoms in total. The highest BCUT2D eigenvalue weighted by Crippen LogP contribution is 2.16. The van der Waals surface area contributed by atoms with E-state index in [1.807, 2.05) is 19.0 Å². The number of benzene rings is 1. The van der Waals surface area contributed by atoms with E-state index in [0.717, 1.165) is 26.0 Å². The molecule has 0 aromatic heterocycles. The van der Waals surface area contributed by atoms with Gasteiger partial charge in [-0.25, -0.2) is 4.39 Å². The molecule has 0 N–H and O–H groups in total. The van der Waals surface area contributed by atoms with Gasteiger partial charge in [0.25, 0.3) is 5.91 Å². The maximum Gasteiger partial charge on any atom is 0.256 e. The van der Waals surface area contributed by atoms with Crippen LogP contribution in [-0.4, -0.2) is 62.1 Å². The Balaban J connectivity index is 2.09. The second-order valence-electron chi connectivity index (χ2n) is 5.67. The van der Waals surface area contributed by atoms with Crippen LogP contribution in [0.2, 0.25) is 0 Å². The van der Waals surface area contributed by atoms with Gasteiger partial charge in [0.2, 0.25) is 0 Å². The van der Waals surface area contributed by atoms with Crippen molar-refractivity contribution in [3.63, 3.8) is 0 Å². The van der Waals surface area contributed by atoms with Crippen molar-refractivity contribution in [1.29, 1.82) is 0 Å². The maximum atomic E-state index is 13.8. The van der Waals surface area contributed by atoms with E-state index in [4.69, 9.17) is 4.74 Å². The van der Waals surface area contributed by atoms with Crippen LogP contribution in [0.25, 0.3) is 0 Å². The number of halogens is 1. The molecule has 0 bridgehead atoms. The number of nitrogens with zero attached hydrogens (tertiary/aromatic N) is 2. The summed E-state index contributed by atoms with van der Waals surface area (Å²) in [6.07, 6.45) is 2.06. The molecule has 1 unspecified atom stereocenters. The molecule has 1 atom stereocenters. The zero-order chi connectivity index (χ0) is 15.2. The van der Waals surface area contributed by atoms with Crippen LogP contribution in [0.3, 0.4) is 0 Å². The Hall–Kier alpha value is -1.46. The van der Waals surface area contributed by atoms with Crippen LogP contribution < -0.4 is 0 Å². The fourth-order valence-electron chi connectivity index (χ4n) is 2.44. The Labute approximate surface area is 125 Å². The molecule has 0 aliphatic carbocycles. The summed E-state index contributed by atoms with van der Waals surface area (Å²) in [6, 6.07) is 6.14. The summed E-state index contributed by atoms with van der Waals surface area (Å²) >= 11 is 0. The number of carbonyl (C=O) groups is 1. The first kappa shape index (κ1) is 15.9. The zero-order valence-electron chi connectivity index (χ0n) is 12.7. The Morgan fingerprint density at radius 3 is 2.71 bits per heavy atom. The van der Waals surface area contributed by atoms with E-state index in [1.165, 1.54) is 12.1 Å². The predicted molar refractivity (Wildman–Crippen MR) is 79.8 cm³/mol. The second-order valence-corrected chi connectivity index (χ2v) is 5.67. The molecular formula is C16H23FN2O2. The van der Waals surface area contributed by atoms with Crippen molar-refractivity contribution in [1.82, 2.24) is 9.80 Å². The van der Waals surface area contributed by atoms with Crippen molar-refractivity contribution >= 4 is 5.91 Å². The lowest BCUT2D eigenvalue weighted by molar-refractivity contribution is 0.0508. The minimum atomic E-state index is -0.468. The quantitative estimate of drug-likeness (QED) is 0.804. The minimum Gasteiger partial charge on any atom is -0.376 e. The molecule has 1 fully saturated rings. The molecule has 1 aromatic rings. The summed E-state index contributed by atoms with van der Waals surface area (Å²) < 4.78 is 19.4. The van der Waals surface area contributed by atoms with Gasteiger partial charge in [0.05, 0.1) is 11.7 Å². The second kappa shape index (κ2) is 7.52. The average Bonchev–Trinajstić information content (AvgIpc) is 2.96. The summed E-state index contributed by atoms with van der Waals surface area (Å²) in [5, 5.41) is 0. The Kier molecular flexibility index (Phi) is 5.70. The first-order valence-corrected chi connectivity index (χ1v) is 7.38. The van der Waals surface area contributed by atoms with E-state index in [0.29, 0.717) is 13.1 Å². The Bertz CT molecular complexity index is 473. The van der Waals surface area contributed by atoms with Gasteiger partial charge in [-0.05, 0) is 39.1 Å². The lowest BCUT2D eigenvalue weighted by atomic mass is 10.1. The van der Waals surface area contributed by atoms with Crippen LogP contribution in [-0.2, 0) is 4.74 Å². The van der Waals surface area contributed by atoms with Crippen molar-refractivity contribution in [2.24, 2.45) is 0 Å². The van der Waals surface area contributed by atoms with Crippen molar-refractivity contribution in [2.75, 3.05) is 40.3 Å². The van der Waals surface area contributed by atoms with Gasteiger partial charge >= 0.3 is 0 Å². The molecule has 1 aliphatic heterocycles. The third-order valence-corrected chi connectivity index (χ3v) is 3.66. The molecular weight excluding hydrogens is 271 g/mol. The molecule has 0 saturated carbocycles. The normalized spacial score (nSPS) is 18.2. The van der Waals surface area contributed by atoms with E-state index >= 15 is 0 Å². The SMILES string of the molecule is CN(C)CCN(CC1CCCO1)C(=O)c1ccccc1F. The summed E-state index contributed by atoms with van der Waals surface area (Å²) in [5.74, 6) is -0.727. The molecule has 1 heterocycles. The van der Waals surface area contributed by atoms with Gasteiger partial charge < -0.3 is 14.5 Å². The zero-order valence-corrected chi connectivity index (χ0v) is 12.7. The first-order valence-electron chi connectivity index (χ1n) is 7.38. The molecule has 1 aromatic carbocycles. The molecule has 21 heavy (non-hydrogen) atoms. The fourth-order valence-corrected chi connectivity index (χ4v) is 2.44. The average molecular weight is 294 g/mol. The molecule has 1 amide bonds. The van der Waals surface area contributed by atoms with Crippen LogP contribution in [0.15, 0.2) is 24.3 Å². The van der Waals surface area contributed by atoms with Gasteiger partial charge in [-0.3, -0.25) is 4.79 Å². The van der Waals surface area contributed by atoms with E-state index in [1.54, 1.807) is 17.0 Å². The minimum absolute atomic E-state index is 0.0721. The summed E-state index contributed by atoms with van der Waals surface area (Å²) in [6.45, 7) is 2.59. The van der Waals surface area contributed by atoms with Crippen molar-refractivity contribution in [3.8, 4) is 0 Å². The van der Waals surface area contributed by atoms with Gasteiger partial charge in [-0.15, -0.1) is 0 Å². The smallest absolute Gasteiger partial charge is 0.256 e. The number of likely N-dealkylation sites (N-methyl/N-ethyl adjacent to an activating group) is 1. The number of hydrogen-bond donors (Lipinski definition) is 0. The lowest BCUT2D eigenvalue weighted by Gasteiger charge is -2.27. The third kappa shape index (κ3) is 4.51. The number of ether oxygens (including phenoxy) is 1. The van der Waals surface area contributed by atoms with E-state index in [-0.39, 0.29) is 17.6 Å². The van der Waals surface area contributed by atoms with Crippen LogP contribution in [0.1, 0.15) is 23.2 Å². The summed E-state index contributed by atoms with van der Waals surface area (Å²) in [4.78, 5) is 16.3. The van der Waals surface area contributed by atoms with E-state index < -0.39 is 5.82 Å². The van der Waals surface area contributed by atoms with Crippen molar-refractivity contribution < 1.29 is 13.9 Å². The van der Waals surface area contributed by atoms with Gasteiger partial charge in [0, 0.05) is 26.2 Å². The molecule has 0 radical (unpaired) electrons. The molecule has 116 valence electrons. The Morgan fingerprint density at radius 1 is 1.33 bits per heavy atom. The Morgan fingerprint density at radius 2 is 2.10 bits per heavy atom. The number of rotatable bonds is 6. The van der Waals surface area contributed by atoms with E-state index in [2.05, 4.69) is 0 Å². The number of carbonyl (C=O) groups excluding carboxylic acids is 1. The topological polar surface area (TPSA) is 32.8 Å². The third-order valence-electron chi connectivity index (χ3n) is 3.66. The van der Waals surface area contributed by atoms with Crippen LogP contribution >= 0.6 is 0 Å². The highest BCUT2D eigenvalue weighted by Gasteiger charge is 2.24. The molecule has 2 rings (SSSR count). The van der Waals surface area contributed by atoms with Crippen LogP contribution in [0.5, 0.6) is 0 Å². The van der Waals surface area contributed by atoms with E-state index in [9.17, 15) is 9.18 Å². The first-order chi connectivity index (χ1) is 10.1. The maximum absolute atomic E-state index is 13.8. The highest BCUT2D eigenvalue weighted by atomic mass is 19.1. The van der Waals surface area contributed by atoms with Gasteiger partial charge in [-0.2, -0.15) is 0 Å². The standard InChI is InChI=1S/C16H23FN2O2/c1-18(2)9-10-19(12-13-6-5-11-21-13)16(20)14-7-3-4-8-15(14)17/h3-4,7-8,13H,5-6,9-12H2,1-2H3. The largest absolute Gasteiger partial charge is 0.376 e. The van der Waals surface area contributed by atoms with Gasteiger partial charge in [-0.1, -0.05) is 12.1 Å². The molecule has 5 heteroatoms. The fraction of sp³-hybridized carbons (Fsp3) is 0.562. The molecule has 1 aliphatic rings. The predicted octanol–water partition coefficient (Wildman–Crippen LogP) is 2.01. The van der Waals surface area contributed by atoms with Gasteiger partial charge in [0.1, 0.15) is 5.82 Å². The van der Waals surface area contributed by atoms with Crippen LogP contribution in [0, 0.1) is 5.82 Å². The summed E-state index contributed by atoms with van der Waals surface area (Å²) in [5.41, 5.74) is 0.134. The lowest BCUT2D eigenvalue weighted by Crippen LogP contribution is -2.41. The number of amides is 1. The van der Waals surface area contributed by atoms with Crippen molar-refractivity contribution in [3.05, 3.63) is 35.6 Å². The molecule has 0 spiro atoms. The highest BCUT2D eigenvalue weighted by molar-refractivity contribution is 5.94.